The monoisotopic (exact) mass is 284 g/mol. The van der Waals surface area contributed by atoms with E-state index in [0.29, 0.717) is 11.6 Å². The van der Waals surface area contributed by atoms with Crippen molar-refractivity contribution in [3.63, 3.8) is 0 Å². The van der Waals surface area contributed by atoms with E-state index in [0.717, 1.165) is 17.3 Å². The third-order valence-electron chi connectivity index (χ3n) is 3.08. The molecule has 8 heteroatoms. The molecule has 0 radical (unpaired) electrons. The lowest BCUT2D eigenvalue weighted by Crippen LogP contribution is -2.10. The minimum Gasteiger partial charge on any atom is -0.359 e. The standard InChI is InChI=1S/C13H16N8/c1-8(12-16-9(2)17-20-12)15-11-5-4-10(18-19-11)13-14-6-7-21(13)3/h4-8H,1-3H3,(H,15,19)(H,16,17,20). The highest BCUT2D eigenvalue weighted by molar-refractivity contribution is 5.51. The molecular formula is C13H16N8. The van der Waals surface area contributed by atoms with E-state index in [4.69, 9.17) is 0 Å². The van der Waals surface area contributed by atoms with Crippen molar-refractivity contribution in [3.05, 3.63) is 36.2 Å². The number of aromatic amines is 1. The van der Waals surface area contributed by atoms with Crippen LogP contribution in [0.15, 0.2) is 24.5 Å². The molecule has 108 valence electrons. The molecule has 2 N–H and O–H groups in total. The van der Waals surface area contributed by atoms with Gasteiger partial charge in [0.1, 0.15) is 17.3 Å². The second kappa shape index (κ2) is 5.31. The summed E-state index contributed by atoms with van der Waals surface area (Å²) in [6.07, 6.45) is 3.60. The van der Waals surface area contributed by atoms with Crippen molar-refractivity contribution in [3.8, 4) is 11.5 Å². The maximum absolute atomic E-state index is 4.29. The first-order chi connectivity index (χ1) is 10.1. The topological polar surface area (TPSA) is 97.2 Å². The van der Waals surface area contributed by atoms with Crippen LogP contribution in [0.5, 0.6) is 0 Å². The van der Waals surface area contributed by atoms with Crippen LogP contribution in [0.3, 0.4) is 0 Å². The Morgan fingerprint density at radius 1 is 1.29 bits per heavy atom. The number of H-pyrrole nitrogens is 1. The molecule has 1 atom stereocenters. The number of hydrogen-bond acceptors (Lipinski definition) is 6. The molecule has 3 aromatic rings. The van der Waals surface area contributed by atoms with E-state index < -0.39 is 0 Å². The number of nitrogens with one attached hydrogen (secondary N) is 2. The van der Waals surface area contributed by atoms with E-state index in [1.54, 1.807) is 6.20 Å². The zero-order chi connectivity index (χ0) is 14.8. The van der Waals surface area contributed by atoms with Crippen molar-refractivity contribution in [2.24, 2.45) is 7.05 Å². The maximum atomic E-state index is 4.29. The molecule has 0 saturated heterocycles. The third kappa shape index (κ3) is 2.73. The molecule has 3 heterocycles. The van der Waals surface area contributed by atoms with Crippen LogP contribution in [-0.2, 0) is 7.05 Å². The number of rotatable bonds is 4. The van der Waals surface area contributed by atoms with Gasteiger partial charge in [0, 0.05) is 19.4 Å². The van der Waals surface area contributed by atoms with E-state index in [1.807, 2.05) is 43.8 Å². The van der Waals surface area contributed by atoms with Crippen LogP contribution in [0.25, 0.3) is 11.5 Å². The fourth-order valence-electron chi connectivity index (χ4n) is 1.98. The van der Waals surface area contributed by atoms with Crippen LogP contribution in [0, 0.1) is 6.92 Å². The van der Waals surface area contributed by atoms with Crippen LogP contribution < -0.4 is 5.32 Å². The summed E-state index contributed by atoms with van der Waals surface area (Å²) in [6.45, 7) is 3.83. The Kier molecular flexibility index (Phi) is 3.35. The highest BCUT2D eigenvalue weighted by atomic mass is 15.2. The van der Waals surface area contributed by atoms with Gasteiger partial charge in [0.15, 0.2) is 11.6 Å². The van der Waals surface area contributed by atoms with Gasteiger partial charge in [-0.15, -0.1) is 10.2 Å². The Bertz CT molecular complexity index is 727. The van der Waals surface area contributed by atoms with Gasteiger partial charge in [-0.05, 0) is 26.0 Å². The molecule has 0 saturated carbocycles. The molecule has 0 fully saturated rings. The number of aryl methyl sites for hydroxylation is 2. The second-order valence-corrected chi connectivity index (χ2v) is 4.81. The smallest absolute Gasteiger partial charge is 0.172 e. The van der Waals surface area contributed by atoms with E-state index >= 15 is 0 Å². The minimum atomic E-state index is -0.0525. The molecule has 0 amide bonds. The van der Waals surface area contributed by atoms with Crippen LogP contribution >= 0.6 is 0 Å². The van der Waals surface area contributed by atoms with Crippen molar-refractivity contribution >= 4 is 5.82 Å². The lowest BCUT2D eigenvalue weighted by Gasteiger charge is -2.10. The Hall–Kier alpha value is -2.77. The van der Waals surface area contributed by atoms with E-state index in [1.165, 1.54) is 0 Å². The Balaban J connectivity index is 1.74. The average molecular weight is 284 g/mol. The largest absolute Gasteiger partial charge is 0.359 e. The Morgan fingerprint density at radius 2 is 2.14 bits per heavy atom. The molecule has 0 aliphatic heterocycles. The van der Waals surface area contributed by atoms with Crippen LogP contribution in [-0.4, -0.2) is 34.9 Å². The summed E-state index contributed by atoms with van der Waals surface area (Å²) in [4.78, 5) is 8.53. The normalized spacial score (nSPS) is 12.3. The summed E-state index contributed by atoms with van der Waals surface area (Å²) >= 11 is 0. The van der Waals surface area contributed by atoms with E-state index in [-0.39, 0.29) is 6.04 Å². The minimum absolute atomic E-state index is 0.0525. The molecule has 1 unspecified atom stereocenters. The number of aromatic nitrogens is 7. The summed E-state index contributed by atoms with van der Waals surface area (Å²) in [5, 5.41) is 18.5. The second-order valence-electron chi connectivity index (χ2n) is 4.81. The Morgan fingerprint density at radius 3 is 2.71 bits per heavy atom. The van der Waals surface area contributed by atoms with Gasteiger partial charge in [-0.1, -0.05) is 0 Å². The highest BCUT2D eigenvalue weighted by Crippen LogP contribution is 2.17. The molecule has 0 aliphatic rings. The SMILES string of the molecule is Cc1nc(C(C)Nc2ccc(-c3nccn3C)nn2)n[nH]1. The first-order valence-corrected chi connectivity index (χ1v) is 6.60. The van der Waals surface area contributed by atoms with Crippen molar-refractivity contribution in [1.29, 1.82) is 0 Å². The van der Waals surface area contributed by atoms with Crippen LogP contribution in [0.4, 0.5) is 5.82 Å². The molecule has 3 rings (SSSR count). The Labute approximate surface area is 121 Å². The van der Waals surface area contributed by atoms with Gasteiger partial charge in [-0.3, -0.25) is 5.10 Å². The number of hydrogen-bond donors (Lipinski definition) is 2. The molecule has 8 nitrogen and oxygen atoms in total. The van der Waals surface area contributed by atoms with Gasteiger partial charge in [0.2, 0.25) is 0 Å². The van der Waals surface area contributed by atoms with E-state index in [2.05, 4.69) is 35.7 Å². The fourth-order valence-corrected chi connectivity index (χ4v) is 1.98. The van der Waals surface area contributed by atoms with Gasteiger partial charge < -0.3 is 9.88 Å². The number of anilines is 1. The van der Waals surface area contributed by atoms with Crippen molar-refractivity contribution < 1.29 is 0 Å². The van der Waals surface area contributed by atoms with Gasteiger partial charge in [0.05, 0.1) is 6.04 Å². The first-order valence-electron chi connectivity index (χ1n) is 6.60. The molecule has 0 bridgehead atoms. The summed E-state index contributed by atoms with van der Waals surface area (Å²) in [7, 11) is 1.92. The predicted octanol–water partition coefficient (Wildman–Crippen LogP) is 1.48. The summed E-state index contributed by atoms with van der Waals surface area (Å²) in [6, 6.07) is 3.70. The number of imidazole rings is 1. The third-order valence-corrected chi connectivity index (χ3v) is 3.08. The van der Waals surface area contributed by atoms with Crippen LogP contribution in [0.1, 0.15) is 24.6 Å². The van der Waals surface area contributed by atoms with E-state index in [9.17, 15) is 0 Å². The quantitative estimate of drug-likeness (QED) is 0.753. The summed E-state index contributed by atoms with van der Waals surface area (Å²) < 4.78 is 1.90. The van der Waals surface area contributed by atoms with Crippen LogP contribution in [0.2, 0.25) is 0 Å². The number of nitrogens with zero attached hydrogens (tertiary/aromatic N) is 6. The zero-order valence-corrected chi connectivity index (χ0v) is 12.1. The fraction of sp³-hybridized carbons (Fsp3) is 0.308. The molecule has 0 aliphatic carbocycles. The van der Waals surface area contributed by atoms with Crippen molar-refractivity contribution in [2.45, 2.75) is 19.9 Å². The summed E-state index contributed by atoms with van der Waals surface area (Å²) in [5.41, 5.74) is 0.731. The molecule has 0 spiro atoms. The van der Waals surface area contributed by atoms with Gasteiger partial charge in [0.25, 0.3) is 0 Å². The van der Waals surface area contributed by atoms with Crippen molar-refractivity contribution in [2.75, 3.05) is 5.32 Å². The van der Waals surface area contributed by atoms with Crippen molar-refractivity contribution in [1.82, 2.24) is 34.9 Å². The molecular weight excluding hydrogens is 268 g/mol. The zero-order valence-electron chi connectivity index (χ0n) is 12.1. The molecule has 21 heavy (non-hydrogen) atoms. The molecule has 3 aromatic heterocycles. The first kappa shape index (κ1) is 13.2. The highest BCUT2D eigenvalue weighted by Gasteiger charge is 2.12. The average Bonchev–Trinajstić information content (AvgIpc) is 3.08. The maximum Gasteiger partial charge on any atom is 0.172 e. The summed E-state index contributed by atoms with van der Waals surface area (Å²) in [5.74, 6) is 2.94. The lowest BCUT2D eigenvalue weighted by molar-refractivity contribution is 0.784. The lowest BCUT2D eigenvalue weighted by atomic mass is 10.3. The van der Waals surface area contributed by atoms with Gasteiger partial charge >= 0.3 is 0 Å². The predicted molar refractivity (Wildman–Crippen MR) is 77.4 cm³/mol. The molecule has 0 aromatic carbocycles. The van der Waals surface area contributed by atoms with Gasteiger partial charge in [-0.2, -0.15) is 5.10 Å². The van der Waals surface area contributed by atoms with Gasteiger partial charge in [-0.25, -0.2) is 9.97 Å².